The molecule has 4 rings (SSSR count). The van der Waals surface area contributed by atoms with Gasteiger partial charge in [0, 0.05) is 27.5 Å². The van der Waals surface area contributed by atoms with Gasteiger partial charge in [-0.05, 0) is 42.3 Å². The fourth-order valence-electron chi connectivity index (χ4n) is 4.87. The number of benzene rings is 2. The average Bonchev–Trinajstić information content (AvgIpc) is 3.32. The van der Waals surface area contributed by atoms with Gasteiger partial charge in [0.15, 0.2) is 0 Å². The van der Waals surface area contributed by atoms with E-state index in [0.717, 1.165) is 28.1 Å². The molecule has 0 atom stereocenters. The maximum Gasteiger partial charge on any atom is 0.261 e. The van der Waals surface area contributed by atoms with E-state index in [0.29, 0.717) is 23.6 Å². The van der Waals surface area contributed by atoms with Crippen LogP contribution in [0, 0.1) is 5.92 Å². The van der Waals surface area contributed by atoms with Crippen LogP contribution in [0.2, 0.25) is 0 Å². The van der Waals surface area contributed by atoms with E-state index >= 15 is 0 Å². The molecule has 0 unspecified atom stereocenters. The van der Waals surface area contributed by atoms with E-state index in [1.54, 1.807) is 0 Å². The molecule has 0 saturated heterocycles. The summed E-state index contributed by atoms with van der Waals surface area (Å²) >= 11 is 3.54. The molecule has 2 aromatic rings. The molecule has 3 nitrogen and oxygen atoms in total. The smallest absolute Gasteiger partial charge is 0.261 e. The highest BCUT2D eigenvalue weighted by Gasteiger charge is 2.32. The van der Waals surface area contributed by atoms with E-state index in [1.807, 2.05) is 30.3 Å². The number of allylic oxidation sites excluding steroid dienone is 4. The predicted molar refractivity (Wildman–Crippen MR) is 135 cm³/mol. The summed E-state index contributed by atoms with van der Waals surface area (Å²) in [5.41, 5.74) is 1.27. The Morgan fingerprint density at radius 1 is 0.719 bits per heavy atom. The van der Waals surface area contributed by atoms with E-state index in [2.05, 4.69) is 40.2 Å². The fourth-order valence-corrected chi connectivity index (χ4v) is 5.33. The third kappa shape index (κ3) is 5.23. The molecule has 4 heteroatoms. The highest BCUT2D eigenvalue weighted by Crippen LogP contribution is 2.34. The molecular formula is C28H32BrNO2. The zero-order valence-electron chi connectivity index (χ0n) is 18.7. The van der Waals surface area contributed by atoms with Gasteiger partial charge in [0.1, 0.15) is 0 Å². The Hall–Kier alpha value is -2.20. The van der Waals surface area contributed by atoms with Crippen molar-refractivity contribution in [3.8, 4) is 0 Å². The number of hydrogen-bond donors (Lipinski definition) is 0. The van der Waals surface area contributed by atoms with Gasteiger partial charge in [-0.15, -0.1) is 0 Å². The van der Waals surface area contributed by atoms with Gasteiger partial charge in [-0.1, -0.05) is 104 Å². The Morgan fingerprint density at radius 3 is 2.00 bits per heavy atom. The summed E-state index contributed by atoms with van der Waals surface area (Å²) in [6, 6.07) is 9.41. The zero-order chi connectivity index (χ0) is 22.3. The largest absolute Gasteiger partial charge is 0.274 e. The van der Waals surface area contributed by atoms with Gasteiger partial charge in [-0.25, -0.2) is 0 Å². The van der Waals surface area contributed by atoms with E-state index in [1.165, 1.54) is 56.3 Å². The second-order valence-corrected chi connectivity index (χ2v) is 9.84. The van der Waals surface area contributed by atoms with Crippen LogP contribution >= 0.6 is 15.9 Å². The molecule has 1 heterocycles. The summed E-state index contributed by atoms with van der Waals surface area (Å²) in [6.07, 6.45) is 21.1. The number of hydrogen-bond acceptors (Lipinski definition) is 2. The van der Waals surface area contributed by atoms with Crippen LogP contribution in [0.4, 0.5) is 0 Å². The van der Waals surface area contributed by atoms with Gasteiger partial charge < -0.3 is 0 Å². The van der Waals surface area contributed by atoms with Crippen LogP contribution in [0.1, 0.15) is 84.9 Å². The molecular weight excluding hydrogens is 462 g/mol. The zero-order valence-corrected chi connectivity index (χ0v) is 20.3. The summed E-state index contributed by atoms with van der Waals surface area (Å²) in [4.78, 5) is 27.4. The molecule has 0 fully saturated rings. The minimum absolute atomic E-state index is 0.158. The molecule has 32 heavy (non-hydrogen) atoms. The maximum absolute atomic E-state index is 13.0. The van der Waals surface area contributed by atoms with Crippen LogP contribution in [-0.2, 0) is 0 Å². The molecule has 0 bridgehead atoms. The predicted octanol–water partition coefficient (Wildman–Crippen LogP) is 7.84. The summed E-state index contributed by atoms with van der Waals surface area (Å²) in [7, 11) is 0. The molecule has 2 aromatic carbocycles. The maximum atomic E-state index is 13.0. The normalized spacial score (nSPS) is 15.5. The van der Waals surface area contributed by atoms with Gasteiger partial charge in [0.2, 0.25) is 0 Å². The molecule has 1 aliphatic heterocycles. The number of imide groups is 1. The number of nitrogens with zero attached hydrogens (tertiary/aromatic N) is 1. The van der Waals surface area contributed by atoms with Crippen molar-refractivity contribution in [1.29, 1.82) is 0 Å². The van der Waals surface area contributed by atoms with Gasteiger partial charge in [0.05, 0.1) is 0 Å². The second kappa shape index (κ2) is 11.1. The summed E-state index contributed by atoms with van der Waals surface area (Å²) in [6.45, 7) is 0.508. The van der Waals surface area contributed by atoms with Crippen molar-refractivity contribution in [2.24, 2.45) is 5.92 Å². The number of amides is 2. The first-order valence-electron chi connectivity index (χ1n) is 12.1. The first-order valence-corrected chi connectivity index (χ1v) is 12.9. The third-order valence-electron chi connectivity index (χ3n) is 6.69. The van der Waals surface area contributed by atoms with Crippen molar-refractivity contribution in [1.82, 2.24) is 4.90 Å². The van der Waals surface area contributed by atoms with Crippen molar-refractivity contribution < 1.29 is 9.59 Å². The Labute approximate surface area is 199 Å². The SMILES string of the molecule is O=C1c2cccc3c(Br)ccc(c23)C(=O)N1CCCCCCCCCCCC1C=CC=C1. The number of carbonyl (C=O) groups excluding carboxylic acids is 2. The fraction of sp³-hybridized carbons (Fsp3) is 0.429. The molecule has 2 amide bonds. The molecule has 0 saturated carbocycles. The minimum atomic E-state index is -0.158. The van der Waals surface area contributed by atoms with E-state index in [-0.39, 0.29) is 11.8 Å². The molecule has 0 aromatic heterocycles. The Balaban J connectivity index is 1.14. The van der Waals surface area contributed by atoms with Crippen LogP contribution in [0.5, 0.6) is 0 Å². The quantitative estimate of drug-likeness (QED) is 0.223. The van der Waals surface area contributed by atoms with Crippen LogP contribution < -0.4 is 0 Å². The monoisotopic (exact) mass is 493 g/mol. The number of carbonyl (C=O) groups is 2. The summed E-state index contributed by atoms with van der Waals surface area (Å²) in [5, 5.41) is 1.71. The lowest BCUT2D eigenvalue weighted by atomic mass is 9.94. The minimum Gasteiger partial charge on any atom is -0.274 e. The lowest BCUT2D eigenvalue weighted by molar-refractivity contribution is 0.0607. The second-order valence-electron chi connectivity index (χ2n) is 8.99. The molecule has 1 aliphatic carbocycles. The van der Waals surface area contributed by atoms with Gasteiger partial charge in [-0.3, -0.25) is 14.5 Å². The van der Waals surface area contributed by atoms with Gasteiger partial charge in [0.25, 0.3) is 11.8 Å². The summed E-state index contributed by atoms with van der Waals surface area (Å²) in [5.74, 6) is 0.363. The van der Waals surface area contributed by atoms with Crippen LogP contribution in [-0.4, -0.2) is 23.3 Å². The Bertz CT molecular complexity index is 1000. The van der Waals surface area contributed by atoms with Crippen molar-refractivity contribution in [3.63, 3.8) is 0 Å². The topological polar surface area (TPSA) is 37.4 Å². The number of rotatable bonds is 12. The van der Waals surface area contributed by atoms with Gasteiger partial charge in [-0.2, -0.15) is 0 Å². The standard InChI is InChI=1S/C28H32BrNO2/c29-25-19-18-24-26-22(25)16-12-17-23(26)27(31)30(28(24)32)20-11-7-5-3-1-2-4-6-8-13-21-14-9-10-15-21/h9-10,12,14-19,21H,1-8,11,13,20H2. The lowest BCUT2D eigenvalue weighted by Crippen LogP contribution is -2.40. The summed E-state index contributed by atoms with van der Waals surface area (Å²) < 4.78 is 0.912. The Morgan fingerprint density at radius 2 is 1.31 bits per heavy atom. The van der Waals surface area contributed by atoms with Crippen molar-refractivity contribution in [2.45, 2.75) is 64.2 Å². The molecule has 2 aliphatic rings. The van der Waals surface area contributed by atoms with Crippen LogP contribution in [0.3, 0.4) is 0 Å². The van der Waals surface area contributed by atoms with E-state index in [4.69, 9.17) is 0 Å². The van der Waals surface area contributed by atoms with Crippen LogP contribution in [0.15, 0.2) is 59.1 Å². The highest BCUT2D eigenvalue weighted by molar-refractivity contribution is 9.10. The first kappa shape index (κ1) is 23.0. The van der Waals surface area contributed by atoms with Crippen molar-refractivity contribution in [2.75, 3.05) is 6.54 Å². The third-order valence-corrected chi connectivity index (χ3v) is 7.38. The highest BCUT2D eigenvalue weighted by atomic mass is 79.9. The van der Waals surface area contributed by atoms with Gasteiger partial charge >= 0.3 is 0 Å². The first-order chi connectivity index (χ1) is 15.7. The average molecular weight is 494 g/mol. The van der Waals surface area contributed by atoms with E-state index in [9.17, 15) is 9.59 Å². The lowest BCUT2D eigenvalue weighted by Gasteiger charge is -2.27. The van der Waals surface area contributed by atoms with E-state index < -0.39 is 0 Å². The molecule has 168 valence electrons. The van der Waals surface area contributed by atoms with Crippen molar-refractivity contribution in [3.05, 3.63) is 70.2 Å². The number of unbranched alkanes of at least 4 members (excludes halogenated alkanes) is 8. The van der Waals surface area contributed by atoms with Crippen LogP contribution in [0.25, 0.3) is 10.8 Å². The Kier molecular flexibility index (Phi) is 7.96. The number of halogens is 1. The van der Waals surface area contributed by atoms with Crippen molar-refractivity contribution >= 4 is 38.5 Å². The molecule has 0 radical (unpaired) electrons. The molecule has 0 N–H and O–H groups in total. The molecule has 0 spiro atoms.